The highest BCUT2D eigenvalue weighted by atomic mass is 79.9. The summed E-state index contributed by atoms with van der Waals surface area (Å²) < 4.78 is 12.8. The van der Waals surface area contributed by atoms with Crippen LogP contribution in [0.1, 0.15) is 32.6 Å². The van der Waals surface area contributed by atoms with E-state index in [4.69, 9.17) is 9.47 Å². The van der Waals surface area contributed by atoms with Crippen LogP contribution < -0.4 is 9.47 Å². The van der Waals surface area contributed by atoms with Crippen LogP contribution in [-0.2, 0) is 6.61 Å². The maximum absolute atomic E-state index is 12.8. The summed E-state index contributed by atoms with van der Waals surface area (Å²) in [5, 5.41) is 0. The fourth-order valence-electron chi connectivity index (χ4n) is 3.17. The first-order valence-electron chi connectivity index (χ1n) is 9.23. The molecule has 0 spiro atoms. The quantitative estimate of drug-likeness (QED) is 0.414. The molecule has 0 radical (unpaired) electrons. The smallest absolute Gasteiger partial charge is 0.231 e. The van der Waals surface area contributed by atoms with Gasteiger partial charge in [-0.3, -0.25) is 4.79 Å². The van der Waals surface area contributed by atoms with Crippen molar-refractivity contribution in [1.82, 2.24) is 0 Å². The fourth-order valence-corrected chi connectivity index (χ4v) is 3.57. The Balaban J connectivity index is 1.56. The van der Waals surface area contributed by atoms with Gasteiger partial charge in [-0.25, -0.2) is 0 Å². The number of carbonyl (C=O) groups excluding carboxylic acids is 1. The lowest BCUT2D eigenvalue weighted by Crippen LogP contribution is -1.98. The Hall–Kier alpha value is -3.11. The van der Waals surface area contributed by atoms with Gasteiger partial charge in [-0.2, -0.15) is 0 Å². The minimum atomic E-state index is -0.120. The summed E-state index contributed by atoms with van der Waals surface area (Å²) in [6, 6.07) is 19.3. The van der Waals surface area contributed by atoms with E-state index in [-0.39, 0.29) is 5.78 Å². The van der Waals surface area contributed by atoms with Crippen molar-refractivity contribution in [3.63, 3.8) is 0 Å². The van der Waals surface area contributed by atoms with Crippen molar-refractivity contribution in [3.05, 3.63) is 105 Å². The third-order valence-corrected chi connectivity index (χ3v) is 5.56. The molecule has 4 heteroatoms. The van der Waals surface area contributed by atoms with Crippen molar-refractivity contribution in [3.8, 4) is 11.5 Å². The molecule has 0 fully saturated rings. The molecule has 1 heterocycles. The summed E-state index contributed by atoms with van der Waals surface area (Å²) in [5.74, 6) is 1.46. The molecule has 1 aliphatic heterocycles. The molecule has 144 valence electrons. The standard InChI is InChI=1S/C25H19BrO3/c1-3-17-8-10-18(11-9-17)15-28-22-13-12-20-24(27)23(29-25(20)16(22)2)14-19-6-4-5-7-21(19)26/h3-14H,1,15H2,2H3/b23-14-. The van der Waals surface area contributed by atoms with Gasteiger partial charge >= 0.3 is 0 Å². The number of carbonyl (C=O) groups is 1. The summed E-state index contributed by atoms with van der Waals surface area (Å²) in [5.41, 5.74) is 4.39. The molecule has 3 aromatic rings. The average Bonchev–Trinajstić information content (AvgIpc) is 3.06. The number of Topliss-reactive ketones (excluding diaryl/α,β-unsaturated/α-hetero) is 1. The SMILES string of the molecule is C=Cc1ccc(COc2ccc3c(c2C)O/C(=C\c2ccccc2Br)C3=O)cc1. The molecule has 0 amide bonds. The second kappa shape index (κ2) is 8.10. The Morgan fingerprint density at radius 3 is 2.55 bits per heavy atom. The molecule has 4 rings (SSSR count). The van der Waals surface area contributed by atoms with Gasteiger partial charge < -0.3 is 9.47 Å². The molecule has 0 saturated carbocycles. The van der Waals surface area contributed by atoms with Crippen LogP contribution in [0.25, 0.3) is 12.2 Å². The van der Waals surface area contributed by atoms with Gasteiger partial charge in [0.15, 0.2) is 5.76 Å². The zero-order valence-electron chi connectivity index (χ0n) is 15.9. The molecule has 3 nitrogen and oxygen atoms in total. The first-order valence-corrected chi connectivity index (χ1v) is 10.0. The summed E-state index contributed by atoms with van der Waals surface area (Å²) >= 11 is 3.50. The van der Waals surface area contributed by atoms with E-state index in [1.807, 2.05) is 67.6 Å². The lowest BCUT2D eigenvalue weighted by Gasteiger charge is -2.11. The van der Waals surface area contributed by atoms with Gasteiger partial charge in [-0.05, 0) is 47.9 Å². The van der Waals surface area contributed by atoms with Crippen molar-refractivity contribution in [1.29, 1.82) is 0 Å². The van der Waals surface area contributed by atoms with Crippen molar-refractivity contribution in [2.24, 2.45) is 0 Å². The number of rotatable bonds is 5. The highest BCUT2D eigenvalue weighted by Gasteiger charge is 2.30. The normalized spacial score (nSPS) is 13.9. The average molecular weight is 447 g/mol. The summed E-state index contributed by atoms with van der Waals surface area (Å²) in [6.45, 7) is 6.10. The molecule has 1 aliphatic rings. The van der Waals surface area contributed by atoms with Gasteiger partial charge in [0.1, 0.15) is 18.1 Å². The maximum Gasteiger partial charge on any atom is 0.231 e. The lowest BCUT2D eigenvalue weighted by atomic mass is 10.1. The molecule has 0 aliphatic carbocycles. The van der Waals surface area contributed by atoms with Crippen molar-refractivity contribution in [2.75, 3.05) is 0 Å². The van der Waals surface area contributed by atoms with Crippen LogP contribution in [0.2, 0.25) is 0 Å². The monoisotopic (exact) mass is 446 g/mol. The molecular weight excluding hydrogens is 428 g/mol. The third-order valence-electron chi connectivity index (χ3n) is 4.84. The van der Waals surface area contributed by atoms with E-state index >= 15 is 0 Å². The lowest BCUT2D eigenvalue weighted by molar-refractivity contribution is 0.101. The largest absolute Gasteiger partial charge is 0.488 e. The number of benzene rings is 3. The van der Waals surface area contributed by atoms with Crippen LogP contribution in [0, 0.1) is 6.92 Å². The van der Waals surface area contributed by atoms with E-state index in [0.29, 0.717) is 29.4 Å². The number of halogens is 1. The molecule has 29 heavy (non-hydrogen) atoms. The Morgan fingerprint density at radius 1 is 1.07 bits per heavy atom. The number of ether oxygens (including phenoxy) is 2. The van der Waals surface area contributed by atoms with E-state index in [1.54, 1.807) is 12.1 Å². The number of hydrogen-bond donors (Lipinski definition) is 0. The third kappa shape index (κ3) is 3.89. The molecule has 3 aromatic carbocycles. The first kappa shape index (κ1) is 19.2. The van der Waals surface area contributed by atoms with Crippen LogP contribution in [0.15, 0.2) is 77.5 Å². The number of allylic oxidation sites excluding steroid dienone is 1. The first-order chi connectivity index (χ1) is 14.1. The zero-order chi connectivity index (χ0) is 20.4. The van der Waals surface area contributed by atoms with E-state index in [9.17, 15) is 4.79 Å². The van der Waals surface area contributed by atoms with E-state index in [0.717, 1.165) is 26.7 Å². The Bertz CT molecular complexity index is 1130. The molecule has 0 bridgehead atoms. The van der Waals surface area contributed by atoms with E-state index in [2.05, 4.69) is 22.5 Å². The fraction of sp³-hybridized carbons (Fsp3) is 0.0800. The molecule has 0 atom stereocenters. The van der Waals surface area contributed by atoms with Gasteiger partial charge in [-0.15, -0.1) is 0 Å². The predicted molar refractivity (Wildman–Crippen MR) is 119 cm³/mol. The number of hydrogen-bond acceptors (Lipinski definition) is 3. The van der Waals surface area contributed by atoms with E-state index < -0.39 is 0 Å². The highest BCUT2D eigenvalue weighted by molar-refractivity contribution is 9.10. The summed E-state index contributed by atoms with van der Waals surface area (Å²) in [7, 11) is 0. The molecule has 0 aromatic heterocycles. The van der Waals surface area contributed by atoms with Gasteiger partial charge in [0, 0.05) is 10.0 Å². The van der Waals surface area contributed by atoms with Gasteiger partial charge in [0.25, 0.3) is 0 Å². The topological polar surface area (TPSA) is 35.5 Å². The Kier molecular flexibility index (Phi) is 5.36. The summed E-state index contributed by atoms with van der Waals surface area (Å²) in [6.07, 6.45) is 3.57. The molecule has 0 N–H and O–H groups in total. The minimum Gasteiger partial charge on any atom is -0.488 e. The number of ketones is 1. The van der Waals surface area contributed by atoms with Crippen LogP contribution in [0.5, 0.6) is 11.5 Å². The Morgan fingerprint density at radius 2 is 1.83 bits per heavy atom. The molecule has 0 saturated heterocycles. The van der Waals surface area contributed by atoms with Gasteiger partial charge in [0.05, 0.1) is 5.56 Å². The zero-order valence-corrected chi connectivity index (χ0v) is 17.5. The van der Waals surface area contributed by atoms with Crippen LogP contribution >= 0.6 is 15.9 Å². The second-order valence-corrected chi connectivity index (χ2v) is 7.62. The van der Waals surface area contributed by atoms with Crippen molar-refractivity contribution in [2.45, 2.75) is 13.5 Å². The van der Waals surface area contributed by atoms with Crippen molar-refractivity contribution < 1.29 is 14.3 Å². The van der Waals surface area contributed by atoms with Crippen LogP contribution in [0.3, 0.4) is 0 Å². The number of fused-ring (bicyclic) bond motifs is 1. The summed E-state index contributed by atoms with van der Waals surface area (Å²) in [4.78, 5) is 12.8. The minimum absolute atomic E-state index is 0.120. The van der Waals surface area contributed by atoms with Gasteiger partial charge in [-0.1, -0.05) is 71.0 Å². The Labute approximate surface area is 178 Å². The molecular formula is C25H19BrO3. The molecule has 0 unspecified atom stereocenters. The van der Waals surface area contributed by atoms with Crippen molar-refractivity contribution >= 4 is 33.9 Å². The predicted octanol–water partition coefficient (Wildman–Crippen LogP) is 6.60. The second-order valence-electron chi connectivity index (χ2n) is 6.76. The maximum atomic E-state index is 12.8. The van der Waals surface area contributed by atoms with Gasteiger partial charge in [0.2, 0.25) is 5.78 Å². The van der Waals surface area contributed by atoms with Crippen LogP contribution in [0.4, 0.5) is 0 Å². The van der Waals surface area contributed by atoms with Crippen LogP contribution in [-0.4, -0.2) is 5.78 Å². The highest BCUT2D eigenvalue weighted by Crippen LogP contribution is 2.39. The van der Waals surface area contributed by atoms with E-state index in [1.165, 1.54) is 0 Å².